The number of sulfonamides is 1. The Balaban J connectivity index is 2.56. The lowest BCUT2D eigenvalue weighted by molar-refractivity contribution is 0.0913. The molecule has 0 heterocycles. The zero-order valence-corrected chi connectivity index (χ0v) is 12.1. The average Bonchev–Trinajstić information content (AvgIpc) is 2.43. The van der Waals surface area contributed by atoms with Gasteiger partial charge in [-0.05, 0) is 18.6 Å². The van der Waals surface area contributed by atoms with E-state index in [1.807, 2.05) is 0 Å². The first-order valence-corrected chi connectivity index (χ1v) is 7.61. The number of rotatable bonds is 9. The SMILES string of the molecule is COc1cc(S(=O)(=O)NCCCOCCO)ccc1N. The maximum Gasteiger partial charge on any atom is 0.240 e. The van der Waals surface area contributed by atoms with Crippen molar-refractivity contribution in [1.29, 1.82) is 0 Å². The van der Waals surface area contributed by atoms with Gasteiger partial charge >= 0.3 is 0 Å². The molecule has 114 valence electrons. The second-order valence-electron chi connectivity index (χ2n) is 3.99. The van der Waals surface area contributed by atoms with Gasteiger partial charge in [0.1, 0.15) is 5.75 Å². The van der Waals surface area contributed by atoms with Crippen molar-refractivity contribution in [2.75, 3.05) is 39.2 Å². The molecule has 7 nitrogen and oxygen atoms in total. The van der Waals surface area contributed by atoms with Crippen molar-refractivity contribution in [3.8, 4) is 5.75 Å². The van der Waals surface area contributed by atoms with Crippen molar-refractivity contribution in [2.24, 2.45) is 0 Å². The van der Waals surface area contributed by atoms with E-state index in [2.05, 4.69) is 4.72 Å². The number of nitrogen functional groups attached to an aromatic ring is 1. The van der Waals surface area contributed by atoms with Crippen LogP contribution >= 0.6 is 0 Å². The minimum atomic E-state index is -3.59. The smallest absolute Gasteiger partial charge is 0.240 e. The summed E-state index contributed by atoms with van der Waals surface area (Å²) < 4.78 is 36.5. The third-order valence-electron chi connectivity index (χ3n) is 2.51. The molecule has 0 fully saturated rings. The summed E-state index contributed by atoms with van der Waals surface area (Å²) in [7, 11) is -2.17. The second-order valence-corrected chi connectivity index (χ2v) is 5.76. The summed E-state index contributed by atoms with van der Waals surface area (Å²) in [4.78, 5) is 0.0971. The number of aliphatic hydroxyl groups is 1. The molecule has 0 amide bonds. The Morgan fingerprint density at radius 2 is 2.10 bits per heavy atom. The van der Waals surface area contributed by atoms with Gasteiger partial charge in [-0.2, -0.15) is 0 Å². The third-order valence-corrected chi connectivity index (χ3v) is 3.97. The standard InChI is InChI=1S/C12H20N2O5S/c1-18-12-9-10(3-4-11(12)13)20(16,17)14-5-2-7-19-8-6-15/h3-4,9,14-15H,2,5-8,13H2,1H3. The van der Waals surface area contributed by atoms with E-state index in [1.54, 1.807) is 0 Å². The fourth-order valence-electron chi connectivity index (χ4n) is 1.49. The molecule has 0 aliphatic carbocycles. The van der Waals surface area contributed by atoms with Crippen LogP contribution in [0.1, 0.15) is 6.42 Å². The fraction of sp³-hybridized carbons (Fsp3) is 0.500. The molecule has 0 saturated carbocycles. The molecule has 0 saturated heterocycles. The van der Waals surface area contributed by atoms with Gasteiger partial charge in [-0.15, -0.1) is 0 Å². The van der Waals surface area contributed by atoms with E-state index in [9.17, 15) is 8.42 Å². The Hall–Kier alpha value is -1.35. The lowest BCUT2D eigenvalue weighted by Crippen LogP contribution is -2.25. The van der Waals surface area contributed by atoms with Crippen molar-refractivity contribution in [3.05, 3.63) is 18.2 Å². The van der Waals surface area contributed by atoms with Gasteiger partial charge in [0, 0.05) is 19.2 Å². The highest BCUT2D eigenvalue weighted by Crippen LogP contribution is 2.24. The lowest BCUT2D eigenvalue weighted by Gasteiger charge is -2.09. The molecule has 0 aliphatic heterocycles. The van der Waals surface area contributed by atoms with Crippen LogP contribution in [0, 0.1) is 0 Å². The Morgan fingerprint density at radius 1 is 1.35 bits per heavy atom. The van der Waals surface area contributed by atoms with Crippen molar-refractivity contribution in [1.82, 2.24) is 4.72 Å². The van der Waals surface area contributed by atoms with Gasteiger partial charge in [-0.1, -0.05) is 0 Å². The number of nitrogens with one attached hydrogen (secondary N) is 1. The molecule has 0 aliphatic rings. The number of methoxy groups -OCH3 is 1. The quantitative estimate of drug-likeness (QED) is 0.436. The zero-order chi connectivity index (χ0) is 15.0. The topological polar surface area (TPSA) is 111 Å². The van der Waals surface area contributed by atoms with Gasteiger partial charge in [-0.3, -0.25) is 0 Å². The largest absolute Gasteiger partial charge is 0.495 e. The molecule has 0 unspecified atom stereocenters. The molecule has 0 spiro atoms. The molecule has 1 aromatic carbocycles. The van der Waals surface area contributed by atoms with Crippen LogP contribution < -0.4 is 15.2 Å². The van der Waals surface area contributed by atoms with Gasteiger partial charge in [0.05, 0.1) is 30.9 Å². The van der Waals surface area contributed by atoms with E-state index in [1.165, 1.54) is 25.3 Å². The van der Waals surface area contributed by atoms with E-state index in [4.69, 9.17) is 20.3 Å². The van der Waals surface area contributed by atoms with Crippen molar-refractivity contribution in [2.45, 2.75) is 11.3 Å². The number of nitrogens with two attached hydrogens (primary N) is 1. The minimum Gasteiger partial charge on any atom is -0.495 e. The van der Waals surface area contributed by atoms with Crippen LogP contribution in [0.2, 0.25) is 0 Å². The van der Waals surface area contributed by atoms with E-state index < -0.39 is 10.0 Å². The van der Waals surface area contributed by atoms with Crippen LogP contribution in [-0.2, 0) is 14.8 Å². The number of hydrogen-bond donors (Lipinski definition) is 3. The van der Waals surface area contributed by atoms with Gasteiger partial charge in [0.2, 0.25) is 10.0 Å². The first-order valence-electron chi connectivity index (χ1n) is 6.13. The number of aliphatic hydroxyl groups excluding tert-OH is 1. The number of anilines is 1. The summed E-state index contributed by atoms with van der Waals surface area (Å²) in [6.45, 7) is 0.841. The fourth-order valence-corrected chi connectivity index (χ4v) is 2.58. The Labute approximate surface area is 118 Å². The van der Waals surface area contributed by atoms with Crippen molar-refractivity contribution >= 4 is 15.7 Å². The summed E-state index contributed by atoms with van der Waals surface area (Å²) in [6.07, 6.45) is 0.519. The van der Waals surface area contributed by atoms with E-state index >= 15 is 0 Å². The summed E-state index contributed by atoms with van der Waals surface area (Å²) in [6, 6.07) is 4.28. The normalized spacial score (nSPS) is 11.5. The van der Waals surface area contributed by atoms with Crippen LogP contribution in [0.4, 0.5) is 5.69 Å². The summed E-state index contributed by atoms with van der Waals surface area (Å²) in [5.41, 5.74) is 6.01. The number of benzene rings is 1. The second kappa shape index (κ2) is 8.05. The van der Waals surface area contributed by atoms with Crippen LogP contribution in [0.3, 0.4) is 0 Å². The van der Waals surface area contributed by atoms with Gasteiger partial charge in [0.15, 0.2) is 0 Å². The number of hydrogen-bond acceptors (Lipinski definition) is 6. The molecule has 8 heteroatoms. The minimum absolute atomic E-state index is 0.0447. The summed E-state index contributed by atoms with van der Waals surface area (Å²) in [5.74, 6) is 0.319. The maximum absolute atomic E-state index is 12.0. The highest BCUT2D eigenvalue weighted by molar-refractivity contribution is 7.89. The highest BCUT2D eigenvalue weighted by atomic mass is 32.2. The van der Waals surface area contributed by atoms with Crippen LogP contribution in [0.15, 0.2) is 23.1 Å². The predicted molar refractivity (Wildman–Crippen MR) is 75.1 cm³/mol. The van der Waals surface area contributed by atoms with Crippen LogP contribution in [0.5, 0.6) is 5.75 Å². The average molecular weight is 304 g/mol. The molecule has 0 atom stereocenters. The van der Waals surface area contributed by atoms with Crippen molar-refractivity contribution in [3.63, 3.8) is 0 Å². The Kier molecular flexibility index (Phi) is 6.73. The molecule has 1 rings (SSSR count). The van der Waals surface area contributed by atoms with Gasteiger partial charge < -0.3 is 20.3 Å². The highest BCUT2D eigenvalue weighted by Gasteiger charge is 2.15. The van der Waals surface area contributed by atoms with Gasteiger partial charge in [-0.25, -0.2) is 13.1 Å². The lowest BCUT2D eigenvalue weighted by atomic mass is 10.3. The molecular weight excluding hydrogens is 284 g/mol. The van der Waals surface area contributed by atoms with E-state index in [0.717, 1.165) is 0 Å². The molecular formula is C12H20N2O5S. The Bertz CT molecular complexity index is 519. The Morgan fingerprint density at radius 3 is 2.75 bits per heavy atom. The van der Waals surface area contributed by atoms with Crippen LogP contribution in [-0.4, -0.2) is 47.0 Å². The first-order chi connectivity index (χ1) is 9.51. The molecule has 4 N–H and O–H groups in total. The molecule has 0 bridgehead atoms. The van der Waals surface area contributed by atoms with Crippen molar-refractivity contribution < 1.29 is 23.0 Å². The third kappa shape index (κ3) is 4.97. The monoisotopic (exact) mass is 304 g/mol. The van der Waals surface area contributed by atoms with E-state index in [-0.39, 0.29) is 24.7 Å². The maximum atomic E-state index is 12.0. The van der Waals surface area contributed by atoms with E-state index in [0.29, 0.717) is 24.5 Å². The summed E-state index contributed by atoms with van der Waals surface area (Å²) >= 11 is 0. The molecule has 0 aromatic heterocycles. The molecule has 20 heavy (non-hydrogen) atoms. The van der Waals surface area contributed by atoms with Crippen LogP contribution in [0.25, 0.3) is 0 Å². The predicted octanol–water partition coefficient (Wildman–Crippen LogP) is -0.0453. The molecule has 0 radical (unpaired) electrons. The van der Waals surface area contributed by atoms with Gasteiger partial charge in [0.25, 0.3) is 0 Å². The summed E-state index contributed by atoms with van der Waals surface area (Å²) in [5, 5.41) is 8.51. The first kappa shape index (κ1) is 16.7. The zero-order valence-electron chi connectivity index (χ0n) is 11.3. The molecule has 1 aromatic rings. The number of ether oxygens (including phenoxy) is 2.